The Bertz CT molecular complexity index is 656. The van der Waals surface area contributed by atoms with Gasteiger partial charge in [-0.25, -0.2) is 4.89 Å². The molecule has 1 rings (SSSR count). The molecule has 0 bridgehead atoms. The smallest absolute Gasteiger partial charge is 0.311 e. The standard InChI is InChI=1S/C22H34O6/c1-7-21(4,17(28-26)13-16-11-9-8-10-12-16)15-22(5,18(23)24)14-20(2,3)19(25)27-6/h8-12,17,26H,7,13-15H2,1-6H3,(H,23,24). The number of carbonyl (C=O) groups is 2. The minimum Gasteiger partial charge on any atom is -0.481 e. The van der Waals surface area contributed by atoms with Crippen LogP contribution in [-0.4, -0.2) is 35.5 Å². The van der Waals surface area contributed by atoms with Gasteiger partial charge >= 0.3 is 11.9 Å². The third-order valence-electron chi connectivity index (χ3n) is 5.86. The van der Waals surface area contributed by atoms with E-state index in [4.69, 9.17) is 9.62 Å². The summed E-state index contributed by atoms with van der Waals surface area (Å²) in [5, 5.41) is 19.6. The number of ether oxygens (including phenoxy) is 1. The molecule has 0 aliphatic heterocycles. The van der Waals surface area contributed by atoms with Gasteiger partial charge in [0.25, 0.3) is 0 Å². The highest BCUT2D eigenvalue weighted by Gasteiger charge is 2.48. The number of esters is 1. The zero-order valence-electron chi connectivity index (χ0n) is 17.8. The van der Waals surface area contributed by atoms with Crippen LogP contribution < -0.4 is 0 Å². The second kappa shape index (κ2) is 9.52. The first kappa shape index (κ1) is 24.1. The van der Waals surface area contributed by atoms with E-state index >= 15 is 0 Å². The number of rotatable bonds is 11. The molecule has 0 heterocycles. The number of methoxy groups -OCH3 is 1. The van der Waals surface area contributed by atoms with Gasteiger partial charge in [-0.2, -0.15) is 0 Å². The van der Waals surface area contributed by atoms with E-state index in [1.54, 1.807) is 20.8 Å². The molecular weight excluding hydrogens is 360 g/mol. The first-order chi connectivity index (χ1) is 12.9. The number of carbonyl (C=O) groups excluding carboxylic acids is 1. The topological polar surface area (TPSA) is 93.1 Å². The van der Waals surface area contributed by atoms with Gasteiger partial charge in [0.05, 0.1) is 17.9 Å². The normalized spacial score (nSPS) is 17.2. The monoisotopic (exact) mass is 394 g/mol. The molecule has 6 nitrogen and oxygen atoms in total. The SMILES string of the molecule is CCC(C)(CC(C)(CC(C)(C)C(=O)OC)C(=O)O)C(Cc1ccccc1)OO. The van der Waals surface area contributed by atoms with Gasteiger partial charge in [0.1, 0.15) is 6.10 Å². The van der Waals surface area contributed by atoms with Gasteiger partial charge in [0.15, 0.2) is 0 Å². The first-order valence-electron chi connectivity index (χ1n) is 9.60. The fourth-order valence-electron chi connectivity index (χ4n) is 4.13. The van der Waals surface area contributed by atoms with Crippen molar-refractivity contribution in [2.45, 2.75) is 66.4 Å². The number of carboxylic acid groups (broad SMARTS) is 1. The van der Waals surface area contributed by atoms with Crippen molar-refractivity contribution in [3.05, 3.63) is 35.9 Å². The van der Waals surface area contributed by atoms with E-state index in [2.05, 4.69) is 0 Å². The summed E-state index contributed by atoms with van der Waals surface area (Å²) in [6.07, 6.45) is 0.829. The van der Waals surface area contributed by atoms with Gasteiger partial charge in [0, 0.05) is 6.42 Å². The van der Waals surface area contributed by atoms with Crippen LogP contribution in [0.1, 0.15) is 59.4 Å². The molecule has 1 aromatic rings. The molecule has 0 fully saturated rings. The van der Waals surface area contributed by atoms with Gasteiger partial charge in [0.2, 0.25) is 0 Å². The van der Waals surface area contributed by atoms with Crippen molar-refractivity contribution in [3.63, 3.8) is 0 Å². The highest BCUT2D eigenvalue weighted by molar-refractivity contribution is 5.79. The van der Waals surface area contributed by atoms with Crippen molar-refractivity contribution >= 4 is 11.9 Å². The van der Waals surface area contributed by atoms with Gasteiger partial charge in [-0.05, 0) is 51.0 Å². The van der Waals surface area contributed by atoms with Crippen molar-refractivity contribution in [2.75, 3.05) is 7.11 Å². The van der Waals surface area contributed by atoms with Gasteiger partial charge in [-0.3, -0.25) is 14.8 Å². The van der Waals surface area contributed by atoms with E-state index < -0.39 is 34.3 Å². The first-order valence-corrected chi connectivity index (χ1v) is 9.60. The molecule has 0 spiro atoms. The fourth-order valence-corrected chi connectivity index (χ4v) is 4.13. The summed E-state index contributed by atoms with van der Waals surface area (Å²) >= 11 is 0. The Morgan fingerprint density at radius 2 is 1.64 bits per heavy atom. The molecule has 2 N–H and O–H groups in total. The fraction of sp³-hybridized carbons (Fsp3) is 0.636. The van der Waals surface area contributed by atoms with Crippen LogP contribution in [-0.2, 0) is 25.6 Å². The zero-order chi connectivity index (χ0) is 21.6. The van der Waals surface area contributed by atoms with Crippen molar-refractivity contribution in [3.8, 4) is 0 Å². The maximum atomic E-state index is 12.2. The number of aliphatic carboxylic acids is 1. The van der Waals surface area contributed by atoms with Gasteiger partial charge in [-0.1, -0.05) is 44.2 Å². The van der Waals surface area contributed by atoms with E-state index in [-0.39, 0.29) is 12.8 Å². The van der Waals surface area contributed by atoms with Crippen LogP contribution in [0, 0.1) is 16.2 Å². The lowest BCUT2D eigenvalue weighted by Gasteiger charge is -2.42. The summed E-state index contributed by atoms with van der Waals surface area (Å²) < 4.78 is 4.85. The lowest BCUT2D eigenvalue weighted by molar-refractivity contribution is -0.305. The highest BCUT2D eigenvalue weighted by atomic mass is 17.1. The third-order valence-corrected chi connectivity index (χ3v) is 5.86. The van der Waals surface area contributed by atoms with E-state index in [1.165, 1.54) is 7.11 Å². The van der Waals surface area contributed by atoms with Crippen LogP contribution in [0.3, 0.4) is 0 Å². The zero-order valence-corrected chi connectivity index (χ0v) is 17.8. The van der Waals surface area contributed by atoms with Gasteiger partial charge < -0.3 is 9.84 Å². The molecule has 0 saturated heterocycles. The summed E-state index contributed by atoms with van der Waals surface area (Å²) in [6, 6.07) is 9.62. The Labute approximate surface area is 167 Å². The lowest BCUT2D eigenvalue weighted by atomic mass is 9.63. The summed E-state index contributed by atoms with van der Waals surface area (Å²) in [6.45, 7) is 8.89. The van der Waals surface area contributed by atoms with Crippen molar-refractivity contribution in [1.82, 2.24) is 0 Å². The molecule has 158 valence electrons. The average Bonchev–Trinajstić information content (AvgIpc) is 2.65. The van der Waals surface area contributed by atoms with Crippen LogP contribution in [0.15, 0.2) is 30.3 Å². The van der Waals surface area contributed by atoms with Crippen LogP contribution >= 0.6 is 0 Å². The van der Waals surface area contributed by atoms with E-state index in [0.29, 0.717) is 12.8 Å². The molecule has 1 aromatic carbocycles. The maximum absolute atomic E-state index is 12.2. The molecule has 0 saturated carbocycles. The van der Waals surface area contributed by atoms with Crippen molar-refractivity contribution in [1.29, 1.82) is 0 Å². The third kappa shape index (κ3) is 5.79. The molecule has 0 amide bonds. The lowest BCUT2D eigenvalue weighted by Crippen LogP contribution is -2.45. The molecule has 3 unspecified atom stereocenters. The number of hydrogen-bond acceptors (Lipinski definition) is 5. The van der Waals surface area contributed by atoms with E-state index in [0.717, 1.165) is 5.56 Å². The Morgan fingerprint density at radius 3 is 2.07 bits per heavy atom. The predicted octanol–water partition coefficient (Wildman–Crippen LogP) is 4.57. The Kier molecular flexibility index (Phi) is 8.20. The summed E-state index contributed by atoms with van der Waals surface area (Å²) in [5.74, 6) is -1.43. The van der Waals surface area contributed by atoms with Crippen LogP contribution in [0.4, 0.5) is 0 Å². The van der Waals surface area contributed by atoms with Crippen molar-refractivity contribution in [2.24, 2.45) is 16.2 Å². The number of carboxylic acids is 1. The Balaban J connectivity index is 3.17. The van der Waals surface area contributed by atoms with Gasteiger partial charge in [-0.15, -0.1) is 0 Å². The number of hydrogen-bond donors (Lipinski definition) is 2. The molecule has 6 heteroatoms. The van der Waals surface area contributed by atoms with E-state index in [9.17, 15) is 20.0 Å². The quantitative estimate of drug-likeness (QED) is 0.324. The molecular formula is C22H34O6. The number of benzene rings is 1. The predicted molar refractivity (Wildman–Crippen MR) is 107 cm³/mol. The Hall–Kier alpha value is -1.92. The minimum absolute atomic E-state index is 0.112. The molecule has 0 radical (unpaired) electrons. The Morgan fingerprint density at radius 1 is 1.07 bits per heavy atom. The highest BCUT2D eigenvalue weighted by Crippen LogP contribution is 2.47. The average molecular weight is 395 g/mol. The largest absolute Gasteiger partial charge is 0.481 e. The molecule has 0 aromatic heterocycles. The molecule has 28 heavy (non-hydrogen) atoms. The summed E-state index contributed by atoms with van der Waals surface area (Å²) in [5.41, 5.74) is -1.78. The molecule has 3 atom stereocenters. The van der Waals surface area contributed by atoms with Crippen molar-refractivity contribution < 1.29 is 29.6 Å². The second-order valence-corrected chi connectivity index (χ2v) is 8.89. The minimum atomic E-state index is -1.20. The second-order valence-electron chi connectivity index (χ2n) is 8.89. The van der Waals surface area contributed by atoms with Crippen LogP contribution in [0.2, 0.25) is 0 Å². The molecule has 0 aliphatic rings. The molecule has 0 aliphatic carbocycles. The van der Waals surface area contributed by atoms with Crippen LogP contribution in [0.5, 0.6) is 0 Å². The van der Waals surface area contributed by atoms with Crippen LogP contribution in [0.25, 0.3) is 0 Å². The van der Waals surface area contributed by atoms with E-state index in [1.807, 2.05) is 44.2 Å². The summed E-state index contributed by atoms with van der Waals surface area (Å²) in [7, 11) is 1.30. The maximum Gasteiger partial charge on any atom is 0.311 e. The summed E-state index contributed by atoms with van der Waals surface area (Å²) in [4.78, 5) is 29.2.